The Morgan fingerprint density at radius 1 is 0.933 bits per heavy atom. The van der Waals surface area contributed by atoms with Gasteiger partial charge >= 0.3 is 0 Å². The lowest BCUT2D eigenvalue weighted by Gasteiger charge is -2.19. The molecule has 0 radical (unpaired) electrons. The Bertz CT molecular complexity index is 1090. The monoisotopic (exact) mass is 398 g/mol. The predicted octanol–water partition coefficient (Wildman–Crippen LogP) is 4.13. The molecule has 4 rings (SSSR count). The molecular weight excluding hydrogens is 376 g/mol. The molecule has 0 saturated carbocycles. The summed E-state index contributed by atoms with van der Waals surface area (Å²) in [7, 11) is 1.65. The molecule has 0 bridgehead atoms. The molecule has 1 N–H and O–H groups in total. The fraction of sp³-hybridized carbons (Fsp3) is 0.125. The molecule has 3 aromatic carbocycles. The Hall–Kier alpha value is -3.93. The molecule has 1 heterocycles. The number of hydrogen-bond acceptors (Lipinski definition) is 4. The highest BCUT2D eigenvalue weighted by atomic mass is 16.5. The zero-order valence-corrected chi connectivity index (χ0v) is 16.6. The Balaban J connectivity index is 1.52. The summed E-state index contributed by atoms with van der Waals surface area (Å²) in [6.45, 7) is 0.449. The number of carbonyl (C=O) groups is 1. The first-order valence-corrected chi connectivity index (χ1v) is 9.67. The fourth-order valence-corrected chi connectivity index (χ4v) is 3.28. The van der Waals surface area contributed by atoms with Gasteiger partial charge in [0.2, 0.25) is 0 Å². The van der Waals surface area contributed by atoms with Crippen molar-refractivity contribution in [2.24, 2.45) is 0 Å². The third kappa shape index (κ3) is 4.55. The lowest BCUT2D eigenvalue weighted by atomic mass is 10.0. The van der Waals surface area contributed by atoms with Crippen molar-refractivity contribution in [3.8, 4) is 16.9 Å². The van der Waals surface area contributed by atoms with Gasteiger partial charge < -0.3 is 10.1 Å². The number of ether oxygens (including phenoxy) is 1. The third-order valence-electron chi connectivity index (χ3n) is 4.87. The molecule has 0 spiro atoms. The van der Waals surface area contributed by atoms with E-state index in [1.165, 1.54) is 0 Å². The van der Waals surface area contributed by atoms with Crippen molar-refractivity contribution in [3.63, 3.8) is 0 Å². The second kappa shape index (κ2) is 9.05. The maximum atomic E-state index is 12.9. The smallest absolute Gasteiger partial charge is 0.251 e. The van der Waals surface area contributed by atoms with Gasteiger partial charge in [-0.15, -0.1) is 0 Å². The van der Waals surface area contributed by atoms with E-state index in [9.17, 15) is 4.79 Å². The average Bonchev–Trinajstić information content (AvgIpc) is 3.32. The van der Waals surface area contributed by atoms with E-state index < -0.39 is 0 Å². The highest BCUT2D eigenvalue weighted by Gasteiger charge is 2.17. The third-order valence-corrected chi connectivity index (χ3v) is 4.87. The summed E-state index contributed by atoms with van der Waals surface area (Å²) in [5.74, 6) is 0.653. The Morgan fingerprint density at radius 3 is 2.37 bits per heavy atom. The molecule has 6 nitrogen and oxygen atoms in total. The quantitative estimate of drug-likeness (QED) is 0.508. The lowest BCUT2D eigenvalue weighted by molar-refractivity contribution is 0.0931. The zero-order valence-electron chi connectivity index (χ0n) is 16.6. The van der Waals surface area contributed by atoms with Gasteiger partial charge in [-0.25, -0.2) is 0 Å². The molecule has 0 saturated heterocycles. The molecule has 0 aliphatic carbocycles. The molecule has 1 unspecified atom stereocenters. The largest absolute Gasteiger partial charge is 0.497 e. The summed E-state index contributed by atoms with van der Waals surface area (Å²) in [5.41, 5.74) is 3.64. The van der Waals surface area contributed by atoms with Crippen LogP contribution in [0.4, 0.5) is 0 Å². The van der Waals surface area contributed by atoms with E-state index >= 15 is 0 Å². The number of benzene rings is 3. The molecule has 4 aromatic rings. The van der Waals surface area contributed by atoms with Crippen molar-refractivity contribution >= 4 is 5.91 Å². The van der Waals surface area contributed by atoms with Gasteiger partial charge in [0, 0.05) is 5.56 Å². The van der Waals surface area contributed by atoms with Crippen LogP contribution in [0.5, 0.6) is 5.75 Å². The van der Waals surface area contributed by atoms with Gasteiger partial charge in [-0.3, -0.25) is 4.79 Å². The van der Waals surface area contributed by atoms with Crippen molar-refractivity contribution in [2.45, 2.75) is 12.6 Å². The van der Waals surface area contributed by atoms with E-state index in [4.69, 9.17) is 4.74 Å². The van der Waals surface area contributed by atoms with Crippen molar-refractivity contribution in [1.82, 2.24) is 20.3 Å². The topological polar surface area (TPSA) is 69.0 Å². The normalized spacial score (nSPS) is 11.6. The molecule has 0 aliphatic heterocycles. The zero-order chi connectivity index (χ0) is 20.8. The highest BCUT2D eigenvalue weighted by Crippen LogP contribution is 2.24. The molecule has 1 aromatic heterocycles. The number of nitrogens with zero attached hydrogens (tertiary/aromatic N) is 3. The maximum absolute atomic E-state index is 12.9. The van der Waals surface area contributed by atoms with Crippen LogP contribution in [0.25, 0.3) is 11.1 Å². The first-order valence-electron chi connectivity index (χ1n) is 9.67. The molecular formula is C24H22N4O2. The summed E-state index contributed by atoms with van der Waals surface area (Å²) in [6, 6.07) is 25.0. The van der Waals surface area contributed by atoms with Crippen LogP contribution < -0.4 is 10.1 Å². The second-order valence-corrected chi connectivity index (χ2v) is 6.83. The maximum Gasteiger partial charge on any atom is 0.251 e. The molecule has 6 heteroatoms. The van der Waals surface area contributed by atoms with Crippen LogP contribution in [0.2, 0.25) is 0 Å². The SMILES string of the molecule is COc1cccc(-c2ccc(C(=O)NC(Cn3nccn3)c3ccccc3)cc2)c1. The Morgan fingerprint density at radius 2 is 1.67 bits per heavy atom. The van der Waals surface area contributed by atoms with Crippen molar-refractivity contribution in [1.29, 1.82) is 0 Å². The van der Waals surface area contributed by atoms with E-state index in [1.807, 2.05) is 78.9 Å². The standard InChI is InChI=1S/C24H22N4O2/c1-30-22-9-5-8-21(16-22)18-10-12-20(13-11-18)24(29)27-23(17-28-25-14-15-26-28)19-6-3-2-4-7-19/h2-16,23H,17H2,1H3,(H,27,29). The average molecular weight is 398 g/mol. The van der Waals surface area contributed by atoms with Crippen LogP contribution in [0.15, 0.2) is 91.3 Å². The number of rotatable bonds is 7. The molecule has 0 aliphatic rings. The second-order valence-electron chi connectivity index (χ2n) is 6.83. The fourth-order valence-electron chi connectivity index (χ4n) is 3.28. The number of aromatic nitrogens is 3. The summed E-state index contributed by atoms with van der Waals surface area (Å²) in [4.78, 5) is 14.5. The van der Waals surface area contributed by atoms with Crippen LogP contribution in [0.3, 0.4) is 0 Å². The van der Waals surface area contributed by atoms with E-state index in [0.717, 1.165) is 22.4 Å². The lowest BCUT2D eigenvalue weighted by Crippen LogP contribution is -2.32. The minimum atomic E-state index is -0.246. The summed E-state index contributed by atoms with van der Waals surface area (Å²) in [5, 5.41) is 11.4. The molecule has 0 fully saturated rings. The van der Waals surface area contributed by atoms with Gasteiger partial charge in [-0.1, -0.05) is 54.6 Å². The van der Waals surface area contributed by atoms with Gasteiger partial charge in [0.15, 0.2) is 0 Å². The predicted molar refractivity (Wildman–Crippen MR) is 115 cm³/mol. The van der Waals surface area contributed by atoms with Crippen LogP contribution in [-0.2, 0) is 6.54 Å². The van der Waals surface area contributed by atoms with E-state index in [1.54, 1.807) is 24.3 Å². The number of methoxy groups -OCH3 is 1. The van der Waals surface area contributed by atoms with Crippen LogP contribution in [0.1, 0.15) is 22.0 Å². The van der Waals surface area contributed by atoms with Crippen LogP contribution in [-0.4, -0.2) is 28.0 Å². The molecule has 1 atom stereocenters. The van der Waals surface area contributed by atoms with Gasteiger partial charge in [-0.05, 0) is 41.0 Å². The van der Waals surface area contributed by atoms with E-state index in [2.05, 4.69) is 15.5 Å². The summed E-state index contributed by atoms with van der Waals surface area (Å²) < 4.78 is 5.29. The van der Waals surface area contributed by atoms with Gasteiger partial charge in [0.25, 0.3) is 5.91 Å². The molecule has 150 valence electrons. The molecule has 30 heavy (non-hydrogen) atoms. The van der Waals surface area contributed by atoms with Gasteiger partial charge in [0.1, 0.15) is 5.75 Å². The highest BCUT2D eigenvalue weighted by molar-refractivity contribution is 5.95. The van der Waals surface area contributed by atoms with Crippen molar-refractivity contribution in [3.05, 3.63) is 102 Å². The van der Waals surface area contributed by atoms with Crippen LogP contribution in [0, 0.1) is 0 Å². The van der Waals surface area contributed by atoms with Crippen molar-refractivity contribution < 1.29 is 9.53 Å². The summed E-state index contributed by atoms with van der Waals surface area (Å²) in [6.07, 6.45) is 3.25. The molecule has 1 amide bonds. The van der Waals surface area contributed by atoms with Crippen LogP contribution >= 0.6 is 0 Å². The number of hydrogen-bond donors (Lipinski definition) is 1. The van der Waals surface area contributed by atoms with E-state index in [-0.39, 0.29) is 11.9 Å². The van der Waals surface area contributed by atoms with E-state index in [0.29, 0.717) is 12.1 Å². The minimum absolute atomic E-state index is 0.145. The number of nitrogens with one attached hydrogen (secondary N) is 1. The number of carbonyl (C=O) groups excluding carboxylic acids is 1. The summed E-state index contributed by atoms with van der Waals surface area (Å²) >= 11 is 0. The first-order chi connectivity index (χ1) is 14.7. The van der Waals surface area contributed by atoms with Crippen molar-refractivity contribution in [2.75, 3.05) is 7.11 Å². The van der Waals surface area contributed by atoms with Gasteiger partial charge in [-0.2, -0.15) is 15.0 Å². The first kappa shape index (κ1) is 19.4. The minimum Gasteiger partial charge on any atom is -0.497 e. The van der Waals surface area contributed by atoms with Gasteiger partial charge in [0.05, 0.1) is 32.1 Å². The number of amides is 1. The Kier molecular flexibility index (Phi) is 5.85. The Labute approximate surface area is 175 Å².